The van der Waals surface area contributed by atoms with Gasteiger partial charge >= 0.3 is 0 Å². The summed E-state index contributed by atoms with van der Waals surface area (Å²) >= 11 is 0. The van der Waals surface area contributed by atoms with Gasteiger partial charge in [0, 0.05) is 17.5 Å². The van der Waals surface area contributed by atoms with Crippen LogP contribution in [-0.2, 0) is 0 Å². The van der Waals surface area contributed by atoms with Gasteiger partial charge in [-0.3, -0.25) is 0 Å². The third kappa shape index (κ3) is 3.30. The molecule has 1 aromatic heterocycles. The van der Waals surface area contributed by atoms with E-state index in [0.29, 0.717) is 12.1 Å². The second-order valence-corrected chi connectivity index (χ2v) is 6.48. The van der Waals surface area contributed by atoms with Gasteiger partial charge in [-0.15, -0.1) is 0 Å². The van der Waals surface area contributed by atoms with E-state index in [-0.39, 0.29) is 6.04 Å². The summed E-state index contributed by atoms with van der Waals surface area (Å²) in [6.45, 7) is 9.16. The summed E-state index contributed by atoms with van der Waals surface area (Å²) in [6, 6.07) is 11.9. The van der Waals surface area contributed by atoms with Gasteiger partial charge in [0.15, 0.2) is 0 Å². The van der Waals surface area contributed by atoms with Crippen LogP contribution in [0.3, 0.4) is 0 Å². The smallest absolute Gasteiger partial charge is 0.134 e. The van der Waals surface area contributed by atoms with Crippen LogP contribution in [0.15, 0.2) is 34.7 Å². The molecule has 0 radical (unpaired) electrons. The number of hydrogen-bond acceptors (Lipinski definition) is 3. The van der Waals surface area contributed by atoms with E-state index in [0.717, 1.165) is 11.3 Å². The van der Waals surface area contributed by atoms with Crippen LogP contribution in [0, 0.1) is 0 Å². The molecule has 0 aliphatic carbocycles. The minimum atomic E-state index is 0.271. The topological polar surface area (TPSA) is 28.4 Å². The summed E-state index contributed by atoms with van der Waals surface area (Å²) < 4.78 is 5.96. The van der Waals surface area contributed by atoms with E-state index in [4.69, 9.17) is 4.42 Å². The lowest BCUT2D eigenvalue weighted by molar-refractivity contribution is 0.156. The molecule has 3 heteroatoms. The molecule has 3 rings (SSSR count). The van der Waals surface area contributed by atoms with Crippen LogP contribution < -0.4 is 5.32 Å². The molecule has 1 aromatic carbocycles. The average Bonchev–Trinajstić information content (AvgIpc) is 2.92. The maximum Gasteiger partial charge on any atom is 0.134 e. The van der Waals surface area contributed by atoms with Gasteiger partial charge in [-0.05, 0) is 58.8 Å². The number of hydrogen-bond donors (Lipinski definition) is 1. The lowest BCUT2D eigenvalue weighted by Crippen LogP contribution is -2.45. The first-order valence-corrected chi connectivity index (χ1v) is 8.12. The Hall–Kier alpha value is -1.32. The predicted molar refractivity (Wildman–Crippen MR) is 87.5 cm³/mol. The van der Waals surface area contributed by atoms with Crippen molar-refractivity contribution in [2.75, 3.05) is 13.1 Å². The molecule has 2 heterocycles. The van der Waals surface area contributed by atoms with E-state index in [2.05, 4.69) is 49.2 Å². The average molecular weight is 286 g/mol. The minimum absolute atomic E-state index is 0.271. The second-order valence-electron chi connectivity index (χ2n) is 6.48. The van der Waals surface area contributed by atoms with Crippen LogP contribution in [0.1, 0.15) is 45.4 Å². The van der Waals surface area contributed by atoms with Crippen molar-refractivity contribution in [2.24, 2.45) is 0 Å². The van der Waals surface area contributed by atoms with Crippen LogP contribution in [-0.4, -0.2) is 30.1 Å². The molecule has 1 fully saturated rings. The van der Waals surface area contributed by atoms with Gasteiger partial charge in [-0.25, -0.2) is 0 Å². The number of rotatable bonds is 4. The molecule has 0 spiro atoms. The number of furan rings is 1. The molecule has 21 heavy (non-hydrogen) atoms. The molecular formula is C18H26N2O. The van der Waals surface area contributed by atoms with Gasteiger partial charge in [0.2, 0.25) is 0 Å². The van der Waals surface area contributed by atoms with Crippen molar-refractivity contribution in [3.63, 3.8) is 0 Å². The Morgan fingerprint density at radius 3 is 2.52 bits per heavy atom. The third-order valence-corrected chi connectivity index (χ3v) is 4.62. The molecule has 114 valence electrons. The van der Waals surface area contributed by atoms with Gasteiger partial charge in [0.1, 0.15) is 11.3 Å². The minimum Gasteiger partial charge on any atom is -0.459 e. The number of likely N-dealkylation sites (tertiary alicyclic amines) is 1. The maximum atomic E-state index is 5.96. The van der Waals surface area contributed by atoms with Crippen LogP contribution >= 0.6 is 0 Å². The Kier molecular flexibility index (Phi) is 4.32. The Bertz CT molecular complexity index is 549. The maximum absolute atomic E-state index is 5.96. The molecule has 1 unspecified atom stereocenters. The van der Waals surface area contributed by atoms with Crippen molar-refractivity contribution in [3.05, 3.63) is 36.1 Å². The first-order valence-electron chi connectivity index (χ1n) is 8.12. The summed E-state index contributed by atoms with van der Waals surface area (Å²) in [6.07, 6.45) is 2.45. The molecule has 2 aromatic rings. The molecule has 1 aliphatic heterocycles. The van der Waals surface area contributed by atoms with E-state index in [9.17, 15) is 0 Å². The fourth-order valence-electron chi connectivity index (χ4n) is 3.23. The third-order valence-electron chi connectivity index (χ3n) is 4.62. The standard InChI is InChI=1S/C18H26N2O/c1-13(2)20-10-8-16(9-11-20)19-14(3)18-12-15-6-4-5-7-17(15)21-18/h4-7,12-14,16,19H,8-11H2,1-3H3. The van der Waals surface area contributed by atoms with E-state index in [1.807, 2.05) is 12.1 Å². The second kappa shape index (κ2) is 6.20. The van der Waals surface area contributed by atoms with Gasteiger partial charge in [0.25, 0.3) is 0 Å². The predicted octanol–water partition coefficient (Wildman–Crippen LogP) is 3.96. The number of benzene rings is 1. The van der Waals surface area contributed by atoms with E-state index in [1.165, 1.54) is 31.3 Å². The van der Waals surface area contributed by atoms with Crippen LogP contribution in [0.25, 0.3) is 11.0 Å². The molecular weight excluding hydrogens is 260 g/mol. The lowest BCUT2D eigenvalue weighted by atomic mass is 10.0. The van der Waals surface area contributed by atoms with Gasteiger partial charge in [-0.2, -0.15) is 0 Å². The Morgan fingerprint density at radius 2 is 1.86 bits per heavy atom. The van der Waals surface area contributed by atoms with Gasteiger partial charge in [-0.1, -0.05) is 18.2 Å². The molecule has 0 bridgehead atoms. The molecule has 0 saturated carbocycles. The zero-order valence-corrected chi connectivity index (χ0v) is 13.3. The van der Waals surface area contributed by atoms with Crippen molar-refractivity contribution >= 4 is 11.0 Å². The highest BCUT2D eigenvalue weighted by molar-refractivity contribution is 5.77. The number of nitrogens with zero attached hydrogens (tertiary/aromatic N) is 1. The van der Waals surface area contributed by atoms with Gasteiger partial charge in [0.05, 0.1) is 6.04 Å². The SMILES string of the molecule is CC(NC1CCN(C(C)C)CC1)c1cc2ccccc2o1. The highest BCUT2D eigenvalue weighted by Gasteiger charge is 2.23. The molecule has 1 atom stereocenters. The zero-order chi connectivity index (χ0) is 14.8. The normalized spacial score (nSPS) is 19.4. The molecule has 3 nitrogen and oxygen atoms in total. The fourth-order valence-corrected chi connectivity index (χ4v) is 3.23. The summed E-state index contributed by atoms with van der Waals surface area (Å²) in [5.74, 6) is 1.04. The highest BCUT2D eigenvalue weighted by Crippen LogP contribution is 2.25. The van der Waals surface area contributed by atoms with Crippen molar-refractivity contribution < 1.29 is 4.42 Å². The Balaban J connectivity index is 1.60. The van der Waals surface area contributed by atoms with Crippen LogP contribution in [0.4, 0.5) is 0 Å². The Morgan fingerprint density at radius 1 is 1.14 bits per heavy atom. The fraction of sp³-hybridized carbons (Fsp3) is 0.556. The summed E-state index contributed by atoms with van der Waals surface area (Å²) in [5.41, 5.74) is 0.982. The number of para-hydroxylation sites is 1. The lowest BCUT2D eigenvalue weighted by Gasteiger charge is -2.35. The molecule has 1 saturated heterocycles. The first-order chi connectivity index (χ1) is 10.1. The van der Waals surface area contributed by atoms with Crippen molar-refractivity contribution in [3.8, 4) is 0 Å². The summed E-state index contributed by atoms with van der Waals surface area (Å²) in [5, 5.41) is 4.93. The van der Waals surface area contributed by atoms with Crippen molar-refractivity contribution in [1.82, 2.24) is 10.2 Å². The van der Waals surface area contributed by atoms with Gasteiger partial charge < -0.3 is 14.6 Å². The quantitative estimate of drug-likeness (QED) is 0.922. The molecule has 1 N–H and O–H groups in total. The van der Waals surface area contributed by atoms with Crippen LogP contribution in [0.5, 0.6) is 0 Å². The van der Waals surface area contributed by atoms with E-state index in [1.54, 1.807) is 0 Å². The summed E-state index contributed by atoms with van der Waals surface area (Å²) in [4.78, 5) is 2.56. The van der Waals surface area contributed by atoms with E-state index < -0.39 is 0 Å². The number of fused-ring (bicyclic) bond motifs is 1. The van der Waals surface area contributed by atoms with Crippen LogP contribution in [0.2, 0.25) is 0 Å². The molecule has 1 aliphatic rings. The molecule has 0 amide bonds. The van der Waals surface area contributed by atoms with Crippen molar-refractivity contribution in [1.29, 1.82) is 0 Å². The largest absolute Gasteiger partial charge is 0.459 e. The highest BCUT2D eigenvalue weighted by atomic mass is 16.3. The number of nitrogens with one attached hydrogen (secondary N) is 1. The zero-order valence-electron chi connectivity index (χ0n) is 13.3. The monoisotopic (exact) mass is 286 g/mol. The van der Waals surface area contributed by atoms with E-state index >= 15 is 0 Å². The summed E-state index contributed by atoms with van der Waals surface area (Å²) in [7, 11) is 0. The number of piperidine rings is 1. The Labute approximate surface area is 127 Å². The van der Waals surface area contributed by atoms with Crippen molar-refractivity contribution in [2.45, 2.75) is 51.7 Å². The first kappa shape index (κ1) is 14.6.